The highest BCUT2D eigenvalue weighted by Gasteiger charge is 2.27. The molecule has 7 nitrogen and oxygen atoms in total. The molecule has 1 aliphatic rings. The van der Waals surface area contributed by atoms with Gasteiger partial charge >= 0.3 is 0 Å². The maximum Gasteiger partial charge on any atom is 0.272 e. The van der Waals surface area contributed by atoms with Gasteiger partial charge in [0.1, 0.15) is 12.0 Å². The molecule has 0 N–H and O–H groups in total. The molecule has 1 unspecified atom stereocenters. The van der Waals surface area contributed by atoms with Crippen LogP contribution in [0, 0.1) is 10.1 Å². The zero-order chi connectivity index (χ0) is 22.0. The molecule has 1 aliphatic heterocycles. The molecular formula is C22H17Cl2N3O4. The van der Waals surface area contributed by atoms with Crippen LogP contribution >= 0.6 is 23.2 Å². The number of ether oxygens (including phenoxy) is 1. The van der Waals surface area contributed by atoms with E-state index in [9.17, 15) is 14.9 Å². The molecule has 0 saturated heterocycles. The van der Waals surface area contributed by atoms with Crippen LogP contribution in [0.4, 0.5) is 5.69 Å². The van der Waals surface area contributed by atoms with E-state index in [2.05, 4.69) is 9.88 Å². The van der Waals surface area contributed by atoms with E-state index in [1.165, 1.54) is 12.1 Å². The first-order valence-electron chi connectivity index (χ1n) is 9.48. The number of nitro benzene ring substituents is 1. The third kappa shape index (κ3) is 4.54. The smallest absolute Gasteiger partial charge is 0.272 e. The van der Waals surface area contributed by atoms with Crippen molar-refractivity contribution >= 4 is 35.2 Å². The number of nitro groups is 1. The van der Waals surface area contributed by atoms with Gasteiger partial charge in [-0.3, -0.25) is 20.0 Å². The van der Waals surface area contributed by atoms with Gasteiger partial charge < -0.3 is 9.53 Å². The minimum atomic E-state index is -0.572. The molecule has 1 atom stereocenters. The summed E-state index contributed by atoms with van der Waals surface area (Å²) in [6, 6.07) is 11.3. The highest BCUT2D eigenvalue weighted by atomic mass is 35.5. The van der Waals surface area contributed by atoms with E-state index in [1.54, 1.807) is 18.5 Å². The predicted octanol–water partition coefficient (Wildman–Crippen LogP) is 5.39. The Kier molecular flexibility index (Phi) is 6.18. The minimum Gasteiger partial charge on any atom is -0.454 e. The van der Waals surface area contributed by atoms with Crippen LogP contribution in [-0.2, 0) is 17.8 Å². The second-order valence-electron chi connectivity index (χ2n) is 7.12. The standard InChI is InChI=1S/C22H17Cl2N3O4/c23-19-10-16(27(29)30)11-20(24)22(19)31-17-1-2-18-15(9-17)5-8-26(21(18)13-28)12-14-3-6-25-7-4-14/h1-4,6-7,9-11,13,21H,5,8,12H2. The van der Waals surface area contributed by atoms with Gasteiger partial charge in [0.2, 0.25) is 0 Å². The lowest BCUT2D eigenvalue weighted by Crippen LogP contribution is -2.35. The molecule has 0 spiro atoms. The Labute approximate surface area is 188 Å². The molecule has 9 heteroatoms. The number of fused-ring (bicyclic) bond motifs is 1. The van der Waals surface area contributed by atoms with Gasteiger partial charge in [-0.15, -0.1) is 0 Å². The molecule has 158 valence electrons. The highest BCUT2D eigenvalue weighted by Crippen LogP contribution is 2.40. The van der Waals surface area contributed by atoms with E-state index in [-0.39, 0.29) is 27.5 Å². The Morgan fingerprint density at radius 2 is 1.87 bits per heavy atom. The summed E-state index contributed by atoms with van der Waals surface area (Å²) >= 11 is 12.3. The fourth-order valence-corrected chi connectivity index (χ4v) is 4.23. The molecule has 0 bridgehead atoms. The van der Waals surface area contributed by atoms with Gasteiger partial charge in [0.25, 0.3) is 5.69 Å². The van der Waals surface area contributed by atoms with Crippen molar-refractivity contribution < 1.29 is 14.5 Å². The maximum absolute atomic E-state index is 11.9. The Balaban J connectivity index is 1.57. The van der Waals surface area contributed by atoms with Gasteiger partial charge in [0.05, 0.1) is 21.0 Å². The molecule has 0 aliphatic carbocycles. The van der Waals surface area contributed by atoms with Crippen molar-refractivity contribution in [3.05, 3.63) is 91.7 Å². The first-order chi connectivity index (χ1) is 15.0. The second kappa shape index (κ2) is 9.01. The van der Waals surface area contributed by atoms with Crippen molar-refractivity contribution in [1.29, 1.82) is 0 Å². The van der Waals surface area contributed by atoms with Crippen molar-refractivity contribution in [2.24, 2.45) is 0 Å². The summed E-state index contributed by atoms with van der Waals surface area (Å²) in [5.41, 5.74) is 2.79. The molecule has 1 aromatic heterocycles. The average Bonchev–Trinajstić information content (AvgIpc) is 2.76. The number of hydrogen-bond acceptors (Lipinski definition) is 6. The quantitative estimate of drug-likeness (QED) is 0.280. The van der Waals surface area contributed by atoms with E-state index >= 15 is 0 Å². The topological polar surface area (TPSA) is 85.6 Å². The molecule has 0 saturated carbocycles. The normalized spacial score (nSPS) is 15.9. The number of rotatable bonds is 6. The largest absolute Gasteiger partial charge is 0.454 e. The third-order valence-electron chi connectivity index (χ3n) is 5.17. The van der Waals surface area contributed by atoms with Gasteiger partial charge in [-0.2, -0.15) is 0 Å². The predicted molar refractivity (Wildman–Crippen MR) is 117 cm³/mol. The summed E-state index contributed by atoms with van der Waals surface area (Å²) in [5, 5.41) is 11.0. The number of hydrogen-bond donors (Lipinski definition) is 0. The van der Waals surface area contributed by atoms with Gasteiger partial charge in [0.15, 0.2) is 5.75 Å². The molecule has 4 rings (SSSR count). The molecule has 3 aromatic rings. The summed E-state index contributed by atoms with van der Waals surface area (Å²) in [6.45, 7) is 1.36. The molecular weight excluding hydrogens is 441 g/mol. The summed E-state index contributed by atoms with van der Waals surface area (Å²) in [4.78, 5) is 28.4. The first-order valence-corrected chi connectivity index (χ1v) is 10.2. The Morgan fingerprint density at radius 1 is 1.16 bits per heavy atom. The first kappa shape index (κ1) is 21.2. The summed E-state index contributed by atoms with van der Waals surface area (Å²) in [5.74, 6) is 0.638. The minimum absolute atomic E-state index is 0.0474. The number of aldehydes is 1. The van der Waals surface area contributed by atoms with Crippen LogP contribution in [0.2, 0.25) is 10.0 Å². The molecule has 0 radical (unpaired) electrons. The summed E-state index contributed by atoms with van der Waals surface area (Å²) in [6.07, 6.45) is 5.16. The molecule has 31 heavy (non-hydrogen) atoms. The monoisotopic (exact) mass is 457 g/mol. The lowest BCUT2D eigenvalue weighted by Gasteiger charge is -2.34. The van der Waals surface area contributed by atoms with Crippen LogP contribution in [-0.4, -0.2) is 27.6 Å². The number of benzene rings is 2. The van der Waals surface area contributed by atoms with Crippen LogP contribution in [0.5, 0.6) is 11.5 Å². The Morgan fingerprint density at radius 3 is 2.52 bits per heavy atom. The lowest BCUT2D eigenvalue weighted by atomic mass is 9.92. The van der Waals surface area contributed by atoms with E-state index in [0.717, 1.165) is 29.4 Å². The maximum atomic E-state index is 11.9. The fourth-order valence-electron chi connectivity index (χ4n) is 3.68. The number of carbonyl (C=O) groups is 1. The number of halogens is 2. The van der Waals surface area contributed by atoms with Gasteiger partial charge in [0, 0.05) is 37.6 Å². The van der Waals surface area contributed by atoms with Gasteiger partial charge in [-0.05, 0) is 47.4 Å². The average molecular weight is 458 g/mol. The Bertz CT molecular complexity index is 1120. The van der Waals surface area contributed by atoms with Crippen LogP contribution < -0.4 is 4.74 Å². The van der Waals surface area contributed by atoms with Crippen LogP contribution in [0.15, 0.2) is 54.9 Å². The van der Waals surface area contributed by atoms with Crippen LogP contribution in [0.3, 0.4) is 0 Å². The van der Waals surface area contributed by atoms with Gasteiger partial charge in [-0.25, -0.2) is 0 Å². The Hall–Kier alpha value is -3.00. The van der Waals surface area contributed by atoms with Crippen molar-refractivity contribution in [3.63, 3.8) is 0 Å². The zero-order valence-corrected chi connectivity index (χ0v) is 17.7. The highest BCUT2D eigenvalue weighted by molar-refractivity contribution is 6.37. The molecule has 0 amide bonds. The van der Waals surface area contributed by atoms with Crippen molar-refractivity contribution in [1.82, 2.24) is 9.88 Å². The van der Waals surface area contributed by atoms with Crippen molar-refractivity contribution in [2.45, 2.75) is 19.0 Å². The van der Waals surface area contributed by atoms with Crippen LogP contribution in [0.1, 0.15) is 22.7 Å². The zero-order valence-electron chi connectivity index (χ0n) is 16.2. The van der Waals surface area contributed by atoms with Gasteiger partial charge in [-0.1, -0.05) is 29.3 Å². The molecule has 2 aromatic carbocycles. The number of carbonyl (C=O) groups excluding carboxylic acids is 1. The van der Waals surface area contributed by atoms with E-state index in [1.807, 2.05) is 24.3 Å². The lowest BCUT2D eigenvalue weighted by molar-refractivity contribution is -0.384. The molecule has 0 fully saturated rings. The van der Waals surface area contributed by atoms with E-state index in [0.29, 0.717) is 18.8 Å². The van der Waals surface area contributed by atoms with E-state index < -0.39 is 4.92 Å². The summed E-state index contributed by atoms with van der Waals surface area (Å²) in [7, 11) is 0. The second-order valence-corrected chi connectivity index (χ2v) is 7.93. The number of aromatic nitrogens is 1. The number of nitrogens with zero attached hydrogens (tertiary/aromatic N) is 3. The molecule has 2 heterocycles. The van der Waals surface area contributed by atoms with E-state index in [4.69, 9.17) is 27.9 Å². The fraction of sp³-hybridized carbons (Fsp3) is 0.182. The number of non-ortho nitro benzene ring substituents is 1. The van der Waals surface area contributed by atoms with Crippen molar-refractivity contribution in [3.8, 4) is 11.5 Å². The SMILES string of the molecule is O=CC1c2ccc(Oc3c(Cl)cc([N+](=O)[O-])cc3Cl)cc2CCN1Cc1ccncc1. The third-order valence-corrected chi connectivity index (χ3v) is 5.73. The van der Waals surface area contributed by atoms with Crippen LogP contribution in [0.25, 0.3) is 0 Å². The van der Waals surface area contributed by atoms with Crippen molar-refractivity contribution in [2.75, 3.05) is 6.54 Å². The summed E-state index contributed by atoms with van der Waals surface area (Å²) < 4.78 is 5.84. The number of pyridine rings is 1.